The molecule has 0 aliphatic heterocycles. The number of nitrogens with one attached hydrogen (secondary N) is 2. The van der Waals surface area contributed by atoms with Crippen LogP contribution in [0.3, 0.4) is 0 Å². The third kappa shape index (κ3) is 6.95. The summed E-state index contributed by atoms with van der Waals surface area (Å²) in [6, 6.07) is 17.4. The standard InChI is InChI=1S/C32H32FN5O7/c1-43-27-17-24-25(18-28(27)44-16-2-14-35-19-29(39)37-42)36-15-11-26(24)45-23-9-7-22(8-10-23)38(21-5-3-20(33)4-6-21)31(41)32(12-13-32)30(34)40/h3-11,15,17-18,35,42H,2,12-14,16,19H2,1H3,(H2,34,40)(H,37,39). The highest BCUT2D eigenvalue weighted by molar-refractivity contribution is 6.16. The van der Waals surface area contributed by atoms with E-state index in [1.54, 1.807) is 54.1 Å². The number of methoxy groups -OCH3 is 1. The number of carbonyl (C=O) groups is 3. The Morgan fingerprint density at radius 1 is 1.00 bits per heavy atom. The first-order valence-corrected chi connectivity index (χ1v) is 14.2. The van der Waals surface area contributed by atoms with Crippen molar-refractivity contribution in [2.45, 2.75) is 19.3 Å². The van der Waals surface area contributed by atoms with Crippen molar-refractivity contribution in [3.05, 3.63) is 78.7 Å². The number of hydrogen-bond donors (Lipinski definition) is 4. The number of nitrogens with zero attached hydrogens (tertiary/aromatic N) is 2. The number of amides is 3. The Labute approximate surface area is 257 Å². The van der Waals surface area contributed by atoms with Crippen LogP contribution in [0.1, 0.15) is 19.3 Å². The topological polar surface area (TPSA) is 165 Å². The third-order valence-electron chi connectivity index (χ3n) is 7.39. The van der Waals surface area contributed by atoms with E-state index < -0.39 is 29.0 Å². The van der Waals surface area contributed by atoms with Crippen LogP contribution in [0.2, 0.25) is 0 Å². The number of nitrogens with two attached hydrogens (primary N) is 1. The summed E-state index contributed by atoms with van der Waals surface area (Å²) in [6.07, 6.45) is 2.91. The lowest BCUT2D eigenvalue weighted by molar-refractivity contribution is -0.133. The number of fused-ring (bicyclic) bond motifs is 1. The van der Waals surface area contributed by atoms with Gasteiger partial charge in [0.25, 0.3) is 5.91 Å². The fourth-order valence-electron chi connectivity index (χ4n) is 4.78. The highest BCUT2D eigenvalue weighted by Crippen LogP contribution is 2.49. The average Bonchev–Trinajstić information content (AvgIpc) is 3.87. The molecule has 3 aromatic carbocycles. The van der Waals surface area contributed by atoms with E-state index in [2.05, 4.69) is 10.3 Å². The van der Waals surface area contributed by atoms with Gasteiger partial charge in [0.1, 0.15) is 22.7 Å². The molecule has 0 unspecified atom stereocenters. The van der Waals surface area contributed by atoms with Crippen molar-refractivity contribution in [1.29, 1.82) is 0 Å². The number of primary amides is 1. The van der Waals surface area contributed by atoms with Crippen molar-refractivity contribution in [3.63, 3.8) is 0 Å². The molecule has 0 radical (unpaired) electrons. The SMILES string of the molecule is COc1cc2c(Oc3ccc(N(C(=O)C4(C(N)=O)CC4)c4ccc(F)cc4)cc3)ccnc2cc1OCCCNCC(=O)NO. The molecule has 234 valence electrons. The Kier molecular flexibility index (Phi) is 9.40. The molecule has 5 rings (SSSR count). The van der Waals surface area contributed by atoms with Gasteiger partial charge in [-0.2, -0.15) is 0 Å². The molecule has 0 spiro atoms. The van der Waals surface area contributed by atoms with E-state index in [0.29, 0.717) is 77.7 Å². The molecule has 1 heterocycles. The van der Waals surface area contributed by atoms with Crippen molar-refractivity contribution < 1.29 is 38.2 Å². The van der Waals surface area contributed by atoms with Gasteiger partial charge >= 0.3 is 0 Å². The summed E-state index contributed by atoms with van der Waals surface area (Å²) in [4.78, 5) is 42.6. The minimum Gasteiger partial charge on any atom is -0.493 e. The quantitative estimate of drug-likeness (QED) is 0.0709. The second-order valence-electron chi connectivity index (χ2n) is 10.4. The van der Waals surface area contributed by atoms with E-state index in [1.807, 2.05) is 0 Å². The van der Waals surface area contributed by atoms with Gasteiger partial charge < -0.3 is 25.3 Å². The van der Waals surface area contributed by atoms with E-state index in [9.17, 15) is 18.8 Å². The molecular weight excluding hydrogens is 585 g/mol. The van der Waals surface area contributed by atoms with Crippen LogP contribution in [0.25, 0.3) is 10.9 Å². The van der Waals surface area contributed by atoms with E-state index in [4.69, 9.17) is 25.2 Å². The maximum atomic E-state index is 13.7. The van der Waals surface area contributed by atoms with Crippen molar-refractivity contribution >= 4 is 40.0 Å². The maximum Gasteiger partial charge on any atom is 0.257 e. The summed E-state index contributed by atoms with van der Waals surface area (Å²) < 4.78 is 31.3. The molecular formula is C32H32FN5O7. The minimum absolute atomic E-state index is 0.00809. The number of halogens is 1. The average molecular weight is 618 g/mol. The zero-order valence-electron chi connectivity index (χ0n) is 24.4. The zero-order chi connectivity index (χ0) is 32.0. The summed E-state index contributed by atoms with van der Waals surface area (Å²) in [6.45, 7) is 0.835. The normalized spacial score (nSPS) is 13.1. The molecule has 1 aromatic heterocycles. The van der Waals surface area contributed by atoms with Crippen LogP contribution in [0.15, 0.2) is 72.9 Å². The second-order valence-corrected chi connectivity index (χ2v) is 10.4. The minimum atomic E-state index is -1.28. The van der Waals surface area contributed by atoms with Crippen LogP contribution in [-0.2, 0) is 14.4 Å². The van der Waals surface area contributed by atoms with Crippen molar-refractivity contribution in [1.82, 2.24) is 15.8 Å². The number of rotatable bonds is 14. The van der Waals surface area contributed by atoms with Gasteiger partial charge in [0.2, 0.25) is 11.8 Å². The van der Waals surface area contributed by atoms with Crippen LogP contribution >= 0.6 is 0 Å². The fraction of sp³-hybridized carbons (Fsp3) is 0.250. The molecule has 1 aliphatic carbocycles. The molecule has 12 nitrogen and oxygen atoms in total. The summed E-state index contributed by atoms with van der Waals surface area (Å²) >= 11 is 0. The summed E-state index contributed by atoms with van der Waals surface area (Å²) in [5.41, 5.74) is 7.32. The van der Waals surface area contributed by atoms with Gasteiger partial charge in [-0.15, -0.1) is 0 Å². The summed E-state index contributed by atoms with van der Waals surface area (Å²) in [5.74, 6) is -0.203. The van der Waals surface area contributed by atoms with Crippen LogP contribution in [0, 0.1) is 11.2 Å². The lowest BCUT2D eigenvalue weighted by Crippen LogP contribution is -2.41. The number of aromatic nitrogens is 1. The van der Waals surface area contributed by atoms with Crippen LogP contribution in [0.5, 0.6) is 23.0 Å². The molecule has 3 amide bonds. The van der Waals surface area contributed by atoms with Gasteiger partial charge in [0.15, 0.2) is 11.5 Å². The van der Waals surface area contributed by atoms with E-state index in [-0.39, 0.29) is 6.54 Å². The molecule has 0 atom stereocenters. The molecule has 1 fully saturated rings. The molecule has 1 saturated carbocycles. The second kappa shape index (κ2) is 13.6. The van der Waals surface area contributed by atoms with Gasteiger partial charge in [-0.3, -0.25) is 29.5 Å². The van der Waals surface area contributed by atoms with Gasteiger partial charge in [-0.05, 0) is 86.5 Å². The Morgan fingerprint density at radius 2 is 1.69 bits per heavy atom. The molecule has 4 aromatic rings. The highest BCUT2D eigenvalue weighted by Gasteiger charge is 2.57. The smallest absolute Gasteiger partial charge is 0.257 e. The number of hydroxylamine groups is 1. The monoisotopic (exact) mass is 617 g/mol. The fourth-order valence-corrected chi connectivity index (χ4v) is 4.78. The molecule has 0 saturated heterocycles. The molecule has 13 heteroatoms. The molecule has 0 bridgehead atoms. The summed E-state index contributed by atoms with van der Waals surface area (Å²) in [7, 11) is 1.52. The Balaban J connectivity index is 1.33. The van der Waals surface area contributed by atoms with Crippen LogP contribution < -0.4 is 35.6 Å². The number of ether oxygens (including phenoxy) is 3. The number of benzene rings is 3. The number of anilines is 2. The van der Waals surface area contributed by atoms with E-state index in [0.717, 1.165) is 0 Å². The first-order valence-electron chi connectivity index (χ1n) is 14.2. The van der Waals surface area contributed by atoms with Gasteiger partial charge in [-0.25, -0.2) is 9.87 Å². The number of hydrogen-bond acceptors (Lipinski definition) is 9. The van der Waals surface area contributed by atoms with E-state index >= 15 is 0 Å². The Bertz CT molecular complexity index is 1700. The van der Waals surface area contributed by atoms with Gasteiger partial charge in [-0.1, -0.05) is 0 Å². The maximum absolute atomic E-state index is 13.7. The first kappa shape index (κ1) is 31.2. The molecule has 5 N–H and O–H groups in total. The Morgan fingerprint density at radius 3 is 2.31 bits per heavy atom. The van der Waals surface area contributed by atoms with E-state index in [1.165, 1.54) is 36.3 Å². The predicted molar refractivity (Wildman–Crippen MR) is 162 cm³/mol. The number of carbonyl (C=O) groups excluding carboxylic acids is 3. The van der Waals surface area contributed by atoms with Crippen LogP contribution in [-0.4, -0.2) is 54.7 Å². The van der Waals surface area contributed by atoms with Crippen LogP contribution in [0.4, 0.5) is 15.8 Å². The predicted octanol–water partition coefficient (Wildman–Crippen LogP) is 3.97. The largest absolute Gasteiger partial charge is 0.493 e. The lowest BCUT2D eigenvalue weighted by Gasteiger charge is -2.26. The summed E-state index contributed by atoms with van der Waals surface area (Å²) in [5, 5.41) is 12.1. The Hall–Kier alpha value is -5.27. The van der Waals surface area contributed by atoms with Gasteiger partial charge in [0.05, 0.1) is 25.8 Å². The van der Waals surface area contributed by atoms with Crippen molar-refractivity contribution in [2.75, 3.05) is 31.7 Å². The molecule has 1 aliphatic rings. The van der Waals surface area contributed by atoms with Crippen molar-refractivity contribution in [2.24, 2.45) is 11.1 Å². The van der Waals surface area contributed by atoms with Gasteiger partial charge in [0, 0.05) is 29.0 Å². The number of pyridine rings is 1. The first-order chi connectivity index (χ1) is 21.8. The molecule has 45 heavy (non-hydrogen) atoms. The van der Waals surface area contributed by atoms with Crippen molar-refractivity contribution in [3.8, 4) is 23.0 Å². The highest BCUT2D eigenvalue weighted by atomic mass is 19.1. The third-order valence-corrected chi connectivity index (χ3v) is 7.39. The zero-order valence-corrected chi connectivity index (χ0v) is 24.4. The lowest BCUT2D eigenvalue weighted by atomic mass is 10.0.